The highest BCUT2D eigenvalue weighted by molar-refractivity contribution is 7.80. The summed E-state index contributed by atoms with van der Waals surface area (Å²) in [5.74, 6) is 0.598. The average Bonchev–Trinajstić information content (AvgIpc) is 2.64. The van der Waals surface area contributed by atoms with E-state index in [0.29, 0.717) is 5.11 Å². The Labute approximate surface area is 152 Å². The molecule has 132 valence electrons. The molecule has 2 N–H and O–H groups in total. The zero-order valence-corrected chi connectivity index (χ0v) is 14.9. The van der Waals surface area contributed by atoms with E-state index in [-0.39, 0.29) is 5.82 Å². The molecule has 2 aromatic rings. The Morgan fingerprint density at radius 3 is 2.24 bits per heavy atom. The lowest BCUT2D eigenvalue weighted by molar-refractivity contribution is 0.222. The number of benzene rings is 2. The van der Waals surface area contributed by atoms with Gasteiger partial charge in [0.15, 0.2) is 5.11 Å². The molecule has 3 rings (SSSR count). The molecular weight excluding hydrogens is 339 g/mol. The van der Waals surface area contributed by atoms with Crippen LogP contribution in [0, 0.1) is 5.82 Å². The summed E-state index contributed by atoms with van der Waals surface area (Å²) in [5, 5.41) is 5.64. The molecule has 25 heavy (non-hydrogen) atoms. The zero-order valence-electron chi connectivity index (χ0n) is 14.0. The quantitative estimate of drug-likeness (QED) is 0.817. The van der Waals surface area contributed by atoms with E-state index in [1.807, 2.05) is 12.1 Å². The maximum absolute atomic E-state index is 12.9. The van der Waals surface area contributed by atoms with Crippen LogP contribution in [0.1, 0.15) is 0 Å². The van der Waals surface area contributed by atoms with Crippen molar-refractivity contribution in [1.82, 2.24) is 10.4 Å². The molecule has 1 fully saturated rings. The van der Waals surface area contributed by atoms with Crippen molar-refractivity contribution < 1.29 is 9.13 Å². The van der Waals surface area contributed by atoms with Crippen LogP contribution in [0.15, 0.2) is 48.5 Å². The van der Waals surface area contributed by atoms with Crippen LogP contribution in [0.3, 0.4) is 0 Å². The van der Waals surface area contributed by atoms with Gasteiger partial charge in [0.05, 0.1) is 7.11 Å². The summed E-state index contributed by atoms with van der Waals surface area (Å²) in [6.07, 6.45) is 0. The van der Waals surface area contributed by atoms with E-state index in [4.69, 9.17) is 17.0 Å². The van der Waals surface area contributed by atoms with Gasteiger partial charge in [0.25, 0.3) is 0 Å². The van der Waals surface area contributed by atoms with Crippen LogP contribution < -0.4 is 20.4 Å². The molecule has 0 saturated carbocycles. The van der Waals surface area contributed by atoms with Crippen molar-refractivity contribution >= 4 is 28.7 Å². The van der Waals surface area contributed by atoms with Crippen molar-refractivity contribution in [2.45, 2.75) is 0 Å². The number of thiocarbonyl (C=S) groups is 1. The minimum Gasteiger partial charge on any atom is -0.497 e. The smallest absolute Gasteiger partial charge is 0.185 e. The molecule has 0 bridgehead atoms. The van der Waals surface area contributed by atoms with E-state index >= 15 is 0 Å². The highest BCUT2D eigenvalue weighted by atomic mass is 32.1. The van der Waals surface area contributed by atoms with Gasteiger partial charge in [-0.15, -0.1) is 0 Å². The monoisotopic (exact) mass is 360 g/mol. The topological polar surface area (TPSA) is 39.8 Å². The molecule has 0 radical (unpaired) electrons. The van der Waals surface area contributed by atoms with E-state index in [2.05, 4.69) is 32.8 Å². The molecule has 7 heteroatoms. The Morgan fingerprint density at radius 1 is 1.00 bits per heavy atom. The number of rotatable bonds is 4. The lowest BCUT2D eigenvalue weighted by atomic mass is 10.2. The first-order valence-corrected chi connectivity index (χ1v) is 8.52. The minimum absolute atomic E-state index is 0.265. The second kappa shape index (κ2) is 8.13. The normalized spacial score (nSPS) is 14.9. The summed E-state index contributed by atoms with van der Waals surface area (Å²) in [6.45, 7) is 3.49. The number of anilines is 2. The molecule has 0 unspecified atom stereocenters. The molecule has 1 aliphatic heterocycles. The third-order valence-corrected chi connectivity index (χ3v) is 4.27. The highest BCUT2D eigenvalue weighted by Gasteiger charge is 2.17. The standard InChI is InChI=1S/C18H21FN4OS/c1-24-17-8-6-16(7-9-17)22-10-12-23(13-11-22)21-18(25)20-15-4-2-14(19)3-5-15/h2-9H,10-13H2,1H3,(H2,20,21,25). The van der Waals surface area contributed by atoms with E-state index < -0.39 is 0 Å². The van der Waals surface area contributed by atoms with E-state index in [0.717, 1.165) is 37.6 Å². The molecule has 2 aromatic carbocycles. The fourth-order valence-electron chi connectivity index (χ4n) is 2.71. The number of halogens is 1. The molecule has 5 nitrogen and oxygen atoms in total. The molecule has 0 amide bonds. The van der Waals surface area contributed by atoms with Crippen LogP contribution in [0.5, 0.6) is 5.75 Å². The maximum Gasteiger partial charge on any atom is 0.185 e. The zero-order chi connectivity index (χ0) is 17.6. The van der Waals surface area contributed by atoms with Crippen LogP contribution in [-0.4, -0.2) is 43.4 Å². The van der Waals surface area contributed by atoms with Gasteiger partial charge in [-0.05, 0) is 60.7 Å². The highest BCUT2D eigenvalue weighted by Crippen LogP contribution is 2.20. The Morgan fingerprint density at radius 2 is 1.64 bits per heavy atom. The van der Waals surface area contributed by atoms with Crippen molar-refractivity contribution in [2.75, 3.05) is 43.5 Å². The average molecular weight is 360 g/mol. The molecule has 1 heterocycles. The number of hydrazine groups is 1. The predicted molar refractivity (Wildman–Crippen MR) is 103 cm³/mol. The number of methoxy groups -OCH3 is 1. The van der Waals surface area contributed by atoms with Crippen molar-refractivity contribution in [3.63, 3.8) is 0 Å². The van der Waals surface area contributed by atoms with E-state index in [1.54, 1.807) is 19.2 Å². The third kappa shape index (κ3) is 4.80. The van der Waals surface area contributed by atoms with Crippen LogP contribution in [0.25, 0.3) is 0 Å². The minimum atomic E-state index is -0.265. The molecule has 1 aliphatic rings. The molecule has 0 atom stereocenters. The van der Waals surface area contributed by atoms with Crippen LogP contribution >= 0.6 is 12.2 Å². The fraction of sp³-hybridized carbons (Fsp3) is 0.278. The SMILES string of the molecule is COc1ccc(N2CCN(NC(=S)Nc3ccc(F)cc3)CC2)cc1. The number of nitrogens with one attached hydrogen (secondary N) is 2. The Balaban J connectivity index is 1.46. The van der Waals surface area contributed by atoms with Gasteiger partial charge in [-0.3, -0.25) is 5.43 Å². The van der Waals surface area contributed by atoms with Gasteiger partial charge in [0, 0.05) is 37.6 Å². The summed E-state index contributed by atoms with van der Waals surface area (Å²) in [6, 6.07) is 14.2. The summed E-state index contributed by atoms with van der Waals surface area (Å²) in [4.78, 5) is 2.33. The van der Waals surface area contributed by atoms with Crippen molar-refractivity contribution in [2.24, 2.45) is 0 Å². The van der Waals surface area contributed by atoms with Gasteiger partial charge >= 0.3 is 0 Å². The molecule has 0 aromatic heterocycles. The third-order valence-electron chi connectivity index (χ3n) is 4.08. The number of hydrogen-bond acceptors (Lipinski definition) is 4. The van der Waals surface area contributed by atoms with E-state index in [9.17, 15) is 4.39 Å². The summed E-state index contributed by atoms with van der Waals surface area (Å²) in [5.41, 5.74) is 5.13. The van der Waals surface area contributed by atoms with Crippen LogP contribution in [-0.2, 0) is 0 Å². The van der Waals surface area contributed by atoms with Gasteiger partial charge in [0.1, 0.15) is 11.6 Å². The summed E-state index contributed by atoms with van der Waals surface area (Å²) < 4.78 is 18.1. The summed E-state index contributed by atoms with van der Waals surface area (Å²) in [7, 11) is 1.67. The second-order valence-electron chi connectivity index (χ2n) is 5.74. The maximum atomic E-state index is 12.9. The predicted octanol–water partition coefficient (Wildman–Crippen LogP) is 2.86. The summed E-state index contributed by atoms with van der Waals surface area (Å²) >= 11 is 5.32. The first kappa shape index (κ1) is 17.4. The van der Waals surface area contributed by atoms with Gasteiger partial charge in [-0.2, -0.15) is 0 Å². The largest absolute Gasteiger partial charge is 0.497 e. The Hall–Kier alpha value is -2.38. The Bertz CT molecular complexity index is 700. The fourth-order valence-corrected chi connectivity index (χ4v) is 2.95. The van der Waals surface area contributed by atoms with Gasteiger partial charge < -0.3 is 15.0 Å². The van der Waals surface area contributed by atoms with Crippen LogP contribution in [0.4, 0.5) is 15.8 Å². The Kier molecular flexibility index (Phi) is 5.67. The van der Waals surface area contributed by atoms with Crippen molar-refractivity contribution in [3.8, 4) is 5.75 Å². The van der Waals surface area contributed by atoms with Crippen molar-refractivity contribution in [1.29, 1.82) is 0 Å². The van der Waals surface area contributed by atoms with Gasteiger partial charge in [0.2, 0.25) is 0 Å². The second-order valence-corrected chi connectivity index (χ2v) is 6.15. The number of piperazine rings is 1. The van der Waals surface area contributed by atoms with Gasteiger partial charge in [-0.25, -0.2) is 9.40 Å². The van der Waals surface area contributed by atoms with Crippen molar-refractivity contribution in [3.05, 3.63) is 54.3 Å². The molecule has 1 saturated heterocycles. The lowest BCUT2D eigenvalue weighted by Crippen LogP contribution is -2.54. The lowest BCUT2D eigenvalue weighted by Gasteiger charge is -2.36. The van der Waals surface area contributed by atoms with E-state index in [1.165, 1.54) is 17.8 Å². The molecule has 0 aliphatic carbocycles. The number of hydrogen-bond donors (Lipinski definition) is 2. The number of nitrogens with zero attached hydrogens (tertiary/aromatic N) is 2. The van der Waals surface area contributed by atoms with Crippen LogP contribution in [0.2, 0.25) is 0 Å². The number of ether oxygens (including phenoxy) is 1. The van der Waals surface area contributed by atoms with Gasteiger partial charge in [-0.1, -0.05) is 0 Å². The molecular formula is C18H21FN4OS. The first-order chi connectivity index (χ1) is 12.1. The first-order valence-electron chi connectivity index (χ1n) is 8.11. The molecule has 0 spiro atoms.